The van der Waals surface area contributed by atoms with Crippen LogP contribution >= 0.6 is 0 Å². The maximum absolute atomic E-state index is 12.9. The predicted molar refractivity (Wildman–Crippen MR) is 97.5 cm³/mol. The van der Waals surface area contributed by atoms with Gasteiger partial charge in [-0.05, 0) is 32.4 Å². The van der Waals surface area contributed by atoms with E-state index in [0.717, 1.165) is 16.0 Å². The van der Waals surface area contributed by atoms with Crippen LogP contribution in [0.5, 0.6) is 0 Å². The zero-order valence-electron chi connectivity index (χ0n) is 15.5. The molecule has 1 aliphatic heterocycles. The van der Waals surface area contributed by atoms with Crippen molar-refractivity contribution in [2.45, 2.75) is 25.7 Å². The Morgan fingerprint density at radius 1 is 1.19 bits per heavy atom. The Kier molecular flexibility index (Phi) is 6.74. The second-order valence-corrected chi connectivity index (χ2v) is 8.41. The van der Waals surface area contributed by atoms with E-state index in [1.165, 1.54) is 4.31 Å². The average Bonchev–Trinajstić information content (AvgIpc) is 2.55. The molecule has 9 heteroatoms. The number of carbonyl (C=O) groups is 2. The summed E-state index contributed by atoms with van der Waals surface area (Å²) >= 11 is 0. The highest BCUT2D eigenvalue weighted by Gasteiger charge is 2.32. The van der Waals surface area contributed by atoms with Crippen molar-refractivity contribution in [1.29, 1.82) is 0 Å². The molecule has 144 valence electrons. The van der Waals surface area contributed by atoms with Crippen molar-refractivity contribution in [3.63, 3.8) is 0 Å². The summed E-state index contributed by atoms with van der Waals surface area (Å²) < 4.78 is 27.2. The van der Waals surface area contributed by atoms with Crippen molar-refractivity contribution in [1.82, 2.24) is 14.9 Å². The molecule has 2 rings (SSSR count). The first kappa shape index (κ1) is 20.3. The highest BCUT2D eigenvalue weighted by molar-refractivity contribution is 7.89. The second-order valence-electron chi connectivity index (χ2n) is 6.51. The molecule has 0 aliphatic carbocycles. The fourth-order valence-corrected chi connectivity index (χ4v) is 4.70. The number of rotatable bonds is 5. The van der Waals surface area contributed by atoms with Crippen molar-refractivity contribution in [2.24, 2.45) is 0 Å². The number of piperazine rings is 1. The van der Waals surface area contributed by atoms with Gasteiger partial charge in [-0.3, -0.25) is 10.1 Å². The molecular weight excluding hydrogens is 356 g/mol. The fourth-order valence-electron chi connectivity index (χ4n) is 3.05. The van der Waals surface area contributed by atoms with Gasteiger partial charge >= 0.3 is 6.03 Å². The van der Waals surface area contributed by atoms with Crippen molar-refractivity contribution in [3.8, 4) is 0 Å². The van der Waals surface area contributed by atoms with Gasteiger partial charge in [0.15, 0.2) is 6.54 Å². The number of aryl methyl sites for hydroxylation is 2. The van der Waals surface area contributed by atoms with Gasteiger partial charge in [0.05, 0.1) is 31.1 Å². The highest BCUT2D eigenvalue weighted by atomic mass is 32.2. The lowest BCUT2D eigenvalue weighted by molar-refractivity contribution is -0.895. The monoisotopic (exact) mass is 383 g/mol. The summed E-state index contributed by atoms with van der Waals surface area (Å²) in [4.78, 5) is 24.5. The molecule has 0 aromatic heterocycles. The van der Waals surface area contributed by atoms with Crippen LogP contribution in [0.4, 0.5) is 4.79 Å². The lowest BCUT2D eigenvalue weighted by Gasteiger charge is -2.31. The van der Waals surface area contributed by atoms with E-state index in [9.17, 15) is 18.0 Å². The third-order valence-electron chi connectivity index (χ3n) is 4.38. The smallest absolute Gasteiger partial charge is 0.321 e. The largest absolute Gasteiger partial charge is 0.338 e. The molecule has 0 spiro atoms. The topological polar surface area (TPSA) is 100 Å². The molecule has 1 heterocycles. The first-order chi connectivity index (χ1) is 12.2. The lowest BCUT2D eigenvalue weighted by Crippen LogP contribution is -3.15. The van der Waals surface area contributed by atoms with Crippen molar-refractivity contribution in [3.05, 3.63) is 29.3 Å². The van der Waals surface area contributed by atoms with Gasteiger partial charge in [-0.2, -0.15) is 4.31 Å². The second kappa shape index (κ2) is 8.61. The van der Waals surface area contributed by atoms with Crippen LogP contribution in [0.15, 0.2) is 23.1 Å². The molecular formula is C17H27N4O4S+. The summed E-state index contributed by atoms with van der Waals surface area (Å²) in [6.45, 7) is 7.82. The minimum Gasteiger partial charge on any atom is -0.338 e. The molecule has 1 aromatic carbocycles. The molecule has 3 amide bonds. The number of quaternary nitrogens is 1. The Morgan fingerprint density at radius 2 is 1.85 bits per heavy atom. The van der Waals surface area contributed by atoms with E-state index in [2.05, 4.69) is 10.6 Å². The summed E-state index contributed by atoms with van der Waals surface area (Å²) in [5.74, 6) is -0.364. The fraction of sp³-hybridized carbons (Fsp3) is 0.529. The Morgan fingerprint density at radius 3 is 2.42 bits per heavy atom. The predicted octanol–water partition coefficient (Wildman–Crippen LogP) is -0.962. The number of urea groups is 1. The van der Waals surface area contributed by atoms with Crippen LogP contribution in [0.25, 0.3) is 0 Å². The van der Waals surface area contributed by atoms with Gasteiger partial charge < -0.3 is 10.2 Å². The molecule has 8 nitrogen and oxygen atoms in total. The molecule has 1 saturated heterocycles. The number of benzene rings is 1. The molecule has 1 aromatic rings. The average molecular weight is 383 g/mol. The third-order valence-corrected chi connectivity index (χ3v) is 6.44. The summed E-state index contributed by atoms with van der Waals surface area (Å²) in [6, 6.07) is 4.81. The van der Waals surface area contributed by atoms with Crippen molar-refractivity contribution in [2.75, 3.05) is 39.3 Å². The number of carbonyl (C=O) groups excluding carboxylic acids is 2. The first-order valence-electron chi connectivity index (χ1n) is 8.72. The number of hydrogen-bond acceptors (Lipinski definition) is 4. The minimum atomic E-state index is -3.53. The van der Waals surface area contributed by atoms with Crippen LogP contribution in [0.1, 0.15) is 18.1 Å². The van der Waals surface area contributed by atoms with Crippen molar-refractivity contribution >= 4 is 22.0 Å². The Labute approximate surface area is 154 Å². The number of imide groups is 1. The quantitative estimate of drug-likeness (QED) is 0.610. The maximum Gasteiger partial charge on any atom is 0.321 e. The number of amides is 3. The molecule has 1 fully saturated rings. The molecule has 3 N–H and O–H groups in total. The Bertz CT molecular complexity index is 771. The van der Waals surface area contributed by atoms with Gasteiger partial charge in [-0.1, -0.05) is 17.7 Å². The summed E-state index contributed by atoms with van der Waals surface area (Å²) in [6.07, 6.45) is 0. The number of hydrogen-bond donors (Lipinski definition) is 3. The Hall–Kier alpha value is -1.97. The van der Waals surface area contributed by atoms with Gasteiger partial charge in [0, 0.05) is 6.54 Å². The van der Waals surface area contributed by atoms with E-state index >= 15 is 0 Å². The highest BCUT2D eigenvalue weighted by Crippen LogP contribution is 2.20. The van der Waals surface area contributed by atoms with E-state index in [4.69, 9.17) is 0 Å². The standard InChI is InChI=1S/C17H26N4O4S/c1-4-18-17(23)19-16(22)12-20-7-9-21(10-8-20)26(24,25)15-6-5-13(2)11-14(15)3/h5-6,11H,4,7-10,12H2,1-3H3,(H2,18,19,22,23)/p+1. The SMILES string of the molecule is CCNC(=O)NC(=O)C[NH+]1CCN(S(=O)(=O)c2ccc(C)cc2C)CC1. The molecule has 0 saturated carbocycles. The maximum atomic E-state index is 12.9. The summed E-state index contributed by atoms with van der Waals surface area (Å²) in [5.41, 5.74) is 1.76. The van der Waals surface area contributed by atoms with Crippen LogP contribution in [0, 0.1) is 13.8 Å². The summed E-state index contributed by atoms with van der Waals surface area (Å²) in [7, 11) is -3.53. The number of nitrogens with one attached hydrogen (secondary N) is 3. The van der Waals surface area contributed by atoms with E-state index in [1.807, 2.05) is 13.0 Å². The van der Waals surface area contributed by atoms with Crippen LogP contribution < -0.4 is 15.5 Å². The first-order valence-corrected chi connectivity index (χ1v) is 10.2. The van der Waals surface area contributed by atoms with Crippen LogP contribution in [-0.2, 0) is 14.8 Å². The zero-order valence-corrected chi connectivity index (χ0v) is 16.3. The van der Waals surface area contributed by atoms with Gasteiger partial charge in [0.1, 0.15) is 0 Å². The molecule has 0 radical (unpaired) electrons. The molecule has 1 aliphatic rings. The van der Waals surface area contributed by atoms with Gasteiger partial charge in [-0.15, -0.1) is 0 Å². The number of nitrogens with zero attached hydrogens (tertiary/aromatic N) is 1. The van der Waals surface area contributed by atoms with Gasteiger partial charge in [-0.25, -0.2) is 13.2 Å². The number of sulfonamides is 1. The van der Waals surface area contributed by atoms with E-state index in [0.29, 0.717) is 37.6 Å². The van der Waals surface area contributed by atoms with Crippen LogP contribution in [0.2, 0.25) is 0 Å². The van der Waals surface area contributed by atoms with Gasteiger partial charge in [0.25, 0.3) is 5.91 Å². The van der Waals surface area contributed by atoms with E-state index < -0.39 is 16.1 Å². The third kappa shape index (κ3) is 5.03. The molecule has 0 bridgehead atoms. The lowest BCUT2D eigenvalue weighted by atomic mass is 10.2. The molecule has 26 heavy (non-hydrogen) atoms. The van der Waals surface area contributed by atoms with Crippen LogP contribution in [0.3, 0.4) is 0 Å². The normalized spacial score (nSPS) is 16.3. The van der Waals surface area contributed by atoms with Gasteiger partial charge in [0.2, 0.25) is 10.0 Å². The van der Waals surface area contributed by atoms with Crippen molar-refractivity contribution < 1.29 is 22.9 Å². The zero-order chi connectivity index (χ0) is 19.3. The molecule has 0 unspecified atom stereocenters. The van der Waals surface area contributed by atoms with E-state index in [1.54, 1.807) is 26.0 Å². The Balaban J connectivity index is 1.93. The van der Waals surface area contributed by atoms with E-state index in [-0.39, 0.29) is 12.5 Å². The van der Waals surface area contributed by atoms with Crippen LogP contribution in [-0.4, -0.2) is 63.9 Å². The minimum absolute atomic E-state index is 0.147. The summed E-state index contributed by atoms with van der Waals surface area (Å²) in [5, 5.41) is 4.77. The molecule has 0 atom stereocenters.